The Kier molecular flexibility index (Phi) is 7.72. The van der Waals surface area contributed by atoms with Crippen LogP contribution in [0.15, 0.2) is 65.8 Å². The number of amides is 1. The maximum Gasteiger partial charge on any atom is 0.259 e. The van der Waals surface area contributed by atoms with Gasteiger partial charge in [-0.25, -0.2) is 5.43 Å². The van der Waals surface area contributed by atoms with Gasteiger partial charge in [0.25, 0.3) is 5.91 Å². The molecule has 3 aromatic rings. The number of rotatable bonds is 10. The first-order valence-electron chi connectivity index (χ1n) is 10.7. The lowest BCUT2D eigenvalue weighted by atomic mass is 10.2. The van der Waals surface area contributed by atoms with Crippen molar-refractivity contribution in [2.24, 2.45) is 5.10 Å². The minimum absolute atomic E-state index is 0.0516. The molecule has 0 aromatic heterocycles. The summed E-state index contributed by atoms with van der Waals surface area (Å²) in [5, 5.41) is 7.69. The first kappa shape index (κ1) is 23.3. The van der Waals surface area contributed by atoms with Crippen molar-refractivity contribution in [2.45, 2.75) is 13.5 Å². The fourth-order valence-corrected chi connectivity index (χ4v) is 3.36. The number of hydrogen-bond acceptors (Lipinski definition) is 7. The molecule has 1 heterocycles. The van der Waals surface area contributed by atoms with Crippen molar-refractivity contribution in [1.29, 1.82) is 0 Å². The molecular formula is C25H24ClN3O5. The largest absolute Gasteiger partial charge is 0.490 e. The second kappa shape index (κ2) is 11.3. The van der Waals surface area contributed by atoms with E-state index in [4.69, 9.17) is 30.5 Å². The summed E-state index contributed by atoms with van der Waals surface area (Å²) in [5.74, 6) is 2.21. The predicted molar refractivity (Wildman–Crippen MR) is 130 cm³/mol. The van der Waals surface area contributed by atoms with E-state index >= 15 is 0 Å². The lowest BCUT2D eigenvalue weighted by Gasteiger charge is -2.13. The summed E-state index contributed by atoms with van der Waals surface area (Å²) >= 11 is 6.20. The molecule has 0 unspecified atom stereocenters. The van der Waals surface area contributed by atoms with Gasteiger partial charge < -0.3 is 24.3 Å². The van der Waals surface area contributed by atoms with E-state index in [-0.39, 0.29) is 19.2 Å². The molecule has 1 aliphatic rings. The van der Waals surface area contributed by atoms with E-state index in [1.165, 1.54) is 0 Å². The van der Waals surface area contributed by atoms with Gasteiger partial charge in [0.1, 0.15) is 6.61 Å². The molecule has 0 saturated carbocycles. The molecular weight excluding hydrogens is 458 g/mol. The fraction of sp³-hybridized carbons (Fsp3) is 0.200. The Hall–Kier alpha value is -3.91. The summed E-state index contributed by atoms with van der Waals surface area (Å²) in [6.45, 7) is 2.94. The van der Waals surface area contributed by atoms with Gasteiger partial charge in [0.2, 0.25) is 6.79 Å². The van der Waals surface area contributed by atoms with Crippen molar-refractivity contribution in [3.8, 4) is 23.0 Å². The smallest absolute Gasteiger partial charge is 0.259 e. The summed E-state index contributed by atoms with van der Waals surface area (Å²) < 4.78 is 22.2. The van der Waals surface area contributed by atoms with Gasteiger partial charge in [0, 0.05) is 22.3 Å². The number of nitrogens with zero attached hydrogens (tertiary/aromatic N) is 1. The third kappa shape index (κ3) is 6.11. The quantitative estimate of drug-likeness (QED) is 0.324. The number of fused-ring (bicyclic) bond motifs is 1. The van der Waals surface area contributed by atoms with Crippen molar-refractivity contribution in [1.82, 2.24) is 5.43 Å². The van der Waals surface area contributed by atoms with E-state index in [1.54, 1.807) is 30.5 Å². The first-order valence-corrected chi connectivity index (χ1v) is 11.1. The molecule has 0 fully saturated rings. The minimum atomic E-state index is -0.293. The third-order valence-corrected chi connectivity index (χ3v) is 5.21. The van der Waals surface area contributed by atoms with E-state index in [0.717, 1.165) is 16.8 Å². The number of anilines is 1. The van der Waals surface area contributed by atoms with Crippen LogP contribution in [0.25, 0.3) is 0 Å². The van der Waals surface area contributed by atoms with E-state index in [0.29, 0.717) is 41.2 Å². The van der Waals surface area contributed by atoms with Crippen molar-refractivity contribution >= 4 is 29.4 Å². The minimum Gasteiger partial charge on any atom is -0.490 e. The maximum absolute atomic E-state index is 12.1. The van der Waals surface area contributed by atoms with Crippen LogP contribution in [-0.2, 0) is 11.4 Å². The van der Waals surface area contributed by atoms with Crippen molar-refractivity contribution in [2.75, 3.05) is 25.3 Å². The summed E-state index contributed by atoms with van der Waals surface area (Å²) in [7, 11) is 0. The van der Waals surface area contributed by atoms with Gasteiger partial charge in [-0.05, 0) is 48.9 Å². The van der Waals surface area contributed by atoms with Gasteiger partial charge in [-0.3, -0.25) is 4.79 Å². The molecule has 0 bridgehead atoms. The molecule has 0 radical (unpaired) electrons. The zero-order chi connectivity index (χ0) is 23.8. The third-order valence-electron chi connectivity index (χ3n) is 4.84. The molecule has 34 heavy (non-hydrogen) atoms. The van der Waals surface area contributed by atoms with Crippen LogP contribution in [0.4, 0.5) is 5.69 Å². The van der Waals surface area contributed by atoms with Crippen LogP contribution in [0.2, 0.25) is 5.02 Å². The van der Waals surface area contributed by atoms with Crippen LogP contribution in [-0.4, -0.2) is 32.1 Å². The fourth-order valence-electron chi connectivity index (χ4n) is 3.17. The average molecular weight is 482 g/mol. The number of halogens is 1. The molecule has 0 spiro atoms. The monoisotopic (exact) mass is 481 g/mol. The van der Waals surface area contributed by atoms with Crippen LogP contribution >= 0.6 is 11.6 Å². The highest BCUT2D eigenvalue weighted by Gasteiger charge is 2.13. The van der Waals surface area contributed by atoms with E-state index < -0.39 is 0 Å². The van der Waals surface area contributed by atoms with Crippen LogP contribution in [0.1, 0.15) is 18.1 Å². The zero-order valence-electron chi connectivity index (χ0n) is 18.5. The second-order valence-corrected chi connectivity index (χ2v) is 7.64. The Morgan fingerprint density at radius 2 is 1.91 bits per heavy atom. The standard InChI is InChI=1S/C25H24ClN3O5/c1-2-31-23-11-17(7-9-21(23)32-15-18-5-3-4-6-20(18)26)13-28-29-25(30)14-27-19-8-10-22-24(12-19)34-16-33-22/h3-13,27H,2,14-16H2,1H3,(H,29,30)/b28-13-. The number of hydrazone groups is 1. The summed E-state index contributed by atoms with van der Waals surface area (Å²) in [6, 6.07) is 18.3. The van der Waals surface area contributed by atoms with E-state index in [2.05, 4.69) is 15.8 Å². The van der Waals surface area contributed by atoms with Gasteiger partial charge in [-0.15, -0.1) is 0 Å². The topological polar surface area (TPSA) is 90.4 Å². The highest BCUT2D eigenvalue weighted by molar-refractivity contribution is 6.31. The summed E-state index contributed by atoms with van der Waals surface area (Å²) in [5.41, 5.74) is 4.88. The molecule has 2 N–H and O–H groups in total. The normalized spacial score (nSPS) is 11.9. The molecule has 1 amide bonds. The highest BCUT2D eigenvalue weighted by Crippen LogP contribution is 2.34. The van der Waals surface area contributed by atoms with Crippen LogP contribution in [0, 0.1) is 0 Å². The molecule has 9 heteroatoms. The Bertz CT molecular complexity index is 1180. The van der Waals surface area contributed by atoms with Gasteiger partial charge >= 0.3 is 0 Å². The Labute approximate surface area is 202 Å². The van der Waals surface area contributed by atoms with Gasteiger partial charge in [0.15, 0.2) is 23.0 Å². The lowest BCUT2D eigenvalue weighted by Crippen LogP contribution is -2.25. The van der Waals surface area contributed by atoms with Crippen LogP contribution in [0.5, 0.6) is 23.0 Å². The predicted octanol–water partition coefficient (Wildman–Crippen LogP) is 4.61. The molecule has 0 atom stereocenters. The number of carbonyl (C=O) groups excluding carboxylic acids is 1. The molecule has 0 aliphatic carbocycles. The van der Waals surface area contributed by atoms with Crippen molar-refractivity contribution in [3.05, 3.63) is 76.8 Å². The van der Waals surface area contributed by atoms with Crippen molar-refractivity contribution < 1.29 is 23.7 Å². The molecule has 0 saturated heterocycles. The second-order valence-electron chi connectivity index (χ2n) is 7.23. The lowest BCUT2D eigenvalue weighted by molar-refractivity contribution is -0.119. The van der Waals surface area contributed by atoms with Crippen LogP contribution < -0.4 is 29.7 Å². The summed E-state index contributed by atoms with van der Waals surface area (Å²) in [6.07, 6.45) is 1.54. The molecule has 3 aromatic carbocycles. The van der Waals surface area contributed by atoms with E-state index in [9.17, 15) is 4.79 Å². The van der Waals surface area contributed by atoms with Gasteiger partial charge in [-0.2, -0.15) is 5.10 Å². The van der Waals surface area contributed by atoms with Crippen LogP contribution in [0.3, 0.4) is 0 Å². The SMILES string of the molecule is CCOc1cc(/C=N\NC(=O)CNc2ccc3c(c2)OCO3)ccc1OCc1ccccc1Cl. The molecule has 1 aliphatic heterocycles. The number of carbonyl (C=O) groups is 1. The van der Waals surface area contributed by atoms with Crippen molar-refractivity contribution in [3.63, 3.8) is 0 Å². The van der Waals surface area contributed by atoms with Gasteiger partial charge in [-0.1, -0.05) is 29.8 Å². The molecule has 4 rings (SSSR count). The Balaban J connectivity index is 1.30. The number of ether oxygens (including phenoxy) is 4. The first-order chi connectivity index (χ1) is 16.6. The molecule has 8 nitrogen and oxygen atoms in total. The Morgan fingerprint density at radius 1 is 1.06 bits per heavy atom. The van der Waals surface area contributed by atoms with Gasteiger partial charge in [0.05, 0.1) is 19.4 Å². The highest BCUT2D eigenvalue weighted by atomic mass is 35.5. The summed E-state index contributed by atoms with van der Waals surface area (Å²) in [4.78, 5) is 12.1. The molecule has 176 valence electrons. The average Bonchev–Trinajstić information content (AvgIpc) is 3.31. The number of hydrogen-bond donors (Lipinski definition) is 2. The zero-order valence-corrected chi connectivity index (χ0v) is 19.3. The Morgan fingerprint density at radius 3 is 2.76 bits per heavy atom. The maximum atomic E-state index is 12.1. The number of nitrogens with one attached hydrogen (secondary N) is 2. The number of benzene rings is 3. The van der Waals surface area contributed by atoms with E-state index in [1.807, 2.05) is 43.3 Å².